The van der Waals surface area contributed by atoms with Crippen LogP contribution in [0.25, 0.3) is 10.4 Å². The summed E-state index contributed by atoms with van der Waals surface area (Å²) in [5.74, 6) is 0. The fourth-order valence-corrected chi connectivity index (χ4v) is 2.53. The van der Waals surface area contributed by atoms with Gasteiger partial charge in [0.25, 0.3) is 0 Å². The molecule has 144 valence electrons. The number of aliphatic hydroxyl groups excluding tert-OH is 1. The number of hydrogen-bond acceptors (Lipinski definition) is 6. The number of unbranched alkanes of at least 4 members (excludes halogenated alkanes) is 2. The molecular weight excluding hydrogens is 326 g/mol. The normalized spacial score (nSPS) is 29.2. The number of rotatable bonds is 13. The van der Waals surface area contributed by atoms with Crippen LogP contribution < -0.4 is 0 Å². The summed E-state index contributed by atoms with van der Waals surface area (Å²) in [5.41, 5.74) is 8.87. The van der Waals surface area contributed by atoms with Crippen molar-refractivity contribution in [1.29, 1.82) is 0 Å². The van der Waals surface area contributed by atoms with Crippen molar-refractivity contribution in [1.82, 2.24) is 0 Å². The fraction of sp³-hybridized carbons (Fsp3) is 0.882. The molecule has 0 aromatic carbocycles. The lowest BCUT2D eigenvalue weighted by Crippen LogP contribution is -2.59. The highest BCUT2D eigenvalue weighted by Crippen LogP contribution is 2.27. The minimum atomic E-state index is -0.961. The van der Waals surface area contributed by atoms with E-state index in [4.69, 9.17) is 24.5 Å². The molecule has 1 rings (SSSR count). The largest absolute Gasteiger partial charge is 0.388 e. The van der Waals surface area contributed by atoms with Gasteiger partial charge >= 0.3 is 0 Å². The van der Waals surface area contributed by atoms with Gasteiger partial charge in [-0.25, -0.2) is 0 Å². The van der Waals surface area contributed by atoms with Gasteiger partial charge in [-0.2, -0.15) is 0 Å². The molecule has 0 radical (unpaired) electrons. The summed E-state index contributed by atoms with van der Waals surface area (Å²) in [6.45, 7) is 9.27. The molecule has 0 bridgehead atoms. The molecule has 5 atom stereocenters. The molecule has 1 saturated heterocycles. The quantitative estimate of drug-likeness (QED) is 0.179. The first-order valence-corrected chi connectivity index (χ1v) is 8.99. The van der Waals surface area contributed by atoms with Crippen LogP contribution in [0.1, 0.15) is 39.5 Å². The monoisotopic (exact) mass is 357 g/mol. The maximum atomic E-state index is 10.6. The lowest BCUT2D eigenvalue weighted by molar-refractivity contribution is -0.272. The lowest BCUT2D eigenvalue weighted by atomic mass is 9.97. The van der Waals surface area contributed by atoms with Crippen molar-refractivity contribution in [3.8, 4) is 0 Å². The third-order valence-corrected chi connectivity index (χ3v) is 3.94. The van der Waals surface area contributed by atoms with Crippen LogP contribution in [0.5, 0.6) is 0 Å². The average Bonchev–Trinajstić information content (AvgIpc) is 2.61. The van der Waals surface area contributed by atoms with Crippen LogP contribution in [-0.4, -0.2) is 62.2 Å². The first kappa shape index (κ1) is 21.9. The number of hydrogen-bond donors (Lipinski definition) is 1. The van der Waals surface area contributed by atoms with Crippen LogP contribution >= 0.6 is 0 Å². The van der Waals surface area contributed by atoms with Gasteiger partial charge < -0.3 is 24.1 Å². The molecule has 1 heterocycles. The predicted molar refractivity (Wildman–Crippen MR) is 94.1 cm³/mol. The zero-order chi connectivity index (χ0) is 18.5. The SMILES string of the molecule is C=CCOC1OC(COCCCC)C(O)C(OCCCC)C1N=[N+]=[N-]. The molecule has 0 saturated carbocycles. The van der Waals surface area contributed by atoms with Crippen LogP contribution in [0.4, 0.5) is 0 Å². The maximum absolute atomic E-state index is 10.6. The van der Waals surface area contributed by atoms with Crippen molar-refractivity contribution < 1.29 is 24.1 Å². The molecule has 8 nitrogen and oxygen atoms in total. The Labute approximate surface area is 149 Å². The summed E-state index contributed by atoms with van der Waals surface area (Å²) in [7, 11) is 0. The molecule has 0 spiro atoms. The van der Waals surface area contributed by atoms with E-state index in [2.05, 4.69) is 30.5 Å². The van der Waals surface area contributed by atoms with Crippen LogP contribution in [0.15, 0.2) is 17.8 Å². The van der Waals surface area contributed by atoms with E-state index >= 15 is 0 Å². The topological polar surface area (TPSA) is 106 Å². The Morgan fingerprint density at radius 2 is 1.96 bits per heavy atom. The van der Waals surface area contributed by atoms with Gasteiger partial charge in [-0.15, -0.1) is 6.58 Å². The third kappa shape index (κ3) is 7.32. The molecule has 25 heavy (non-hydrogen) atoms. The summed E-state index contributed by atoms with van der Waals surface area (Å²) >= 11 is 0. The van der Waals surface area contributed by atoms with Crippen LogP contribution in [-0.2, 0) is 18.9 Å². The summed E-state index contributed by atoms with van der Waals surface area (Å²) in [5, 5.41) is 14.4. The van der Waals surface area contributed by atoms with Gasteiger partial charge in [0.05, 0.1) is 19.3 Å². The first-order valence-electron chi connectivity index (χ1n) is 8.99. The average molecular weight is 357 g/mol. The van der Waals surface area contributed by atoms with E-state index in [-0.39, 0.29) is 13.2 Å². The Morgan fingerprint density at radius 1 is 1.24 bits per heavy atom. The van der Waals surface area contributed by atoms with Gasteiger partial charge in [-0.1, -0.05) is 37.9 Å². The van der Waals surface area contributed by atoms with E-state index < -0.39 is 30.6 Å². The van der Waals surface area contributed by atoms with E-state index in [1.165, 1.54) is 0 Å². The Bertz CT molecular complexity index is 417. The maximum Gasteiger partial charge on any atom is 0.169 e. The third-order valence-electron chi connectivity index (χ3n) is 3.94. The molecule has 0 aromatic rings. The molecule has 0 aromatic heterocycles. The smallest absolute Gasteiger partial charge is 0.169 e. The Hall–Kier alpha value is -1.15. The number of aliphatic hydroxyl groups is 1. The number of ether oxygens (including phenoxy) is 4. The van der Waals surface area contributed by atoms with E-state index in [0.717, 1.165) is 25.7 Å². The van der Waals surface area contributed by atoms with Gasteiger partial charge in [0.1, 0.15) is 18.2 Å². The van der Waals surface area contributed by atoms with E-state index in [9.17, 15) is 5.11 Å². The minimum absolute atomic E-state index is 0.228. The molecular formula is C17H31N3O5. The summed E-state index contributed by atoms with van der Waals surface area (Å²) in [6, 6.07) is -0.774. The second-order valence-electron chi connectivity index (χ2n) is 5.97. The molecule has 1 fully saturated rings. The Morgan fingerprint density at radius 3 is 2.60 bits per heavy atom. The highest BCUT2D eigenvalue weighted by atomic mass is 16.7. The van der Waals surface area contributed by atoms with Crippen molar-refractivity contribution in [2.45, 2.75) is 70.2 Å². The zero-order valence-corrected chi connectivity index (χ0v) is 15.2. The minimum Gasteiger partial charge on any atom is -0.388 e. The van der Waals surface area contributed by atoms with Gasteiger partial charge in [-0.05, 0) is 18.4 Å². The molecule has 5 unspecified atom stereocenters. The highest BCUT2D eigenvalue weighted by Gasteiger charge is 2.46. The zero-order valence-electron chi connectivity index (χ0n) is 15.2. The van der Waals surface area contributed by atoms with E-state index in [0.29, 0.717) is 13.2 Å². The van der Waals surface area contributed by atoms with Crippen LogP contribution in [0, 0.1) is 0 Å². The van der Waals surface area contributed by atoms with Crippen molar-refractivity contribution in [2.24, 2.45) is 5.11 Å². The van der Waals surface area contributed by atoms with Gasteiger partial charge in [0, 0.05) is 18.1 Å². The summed E-state index contributed by atoms with van der Waals surface area (Å²) in [6.07, 6.45) is 2.28. The molecule has 8 heteroatoms. The fourth-order valence-electron chi connectivity index (χ4n) is 2.53. The first-order chi connectivity index (χ1) is 12.2. The van der Waals surface area contributed by atoms with Crippen molar-refractivity contribution >= 4 is 0 Å². The van der Waals surface area contributed by atoms with Crippen molar-refractivity contribution in [3.63, 3.8) is 0 Å². The molecule has 1 N–H and O–H groups in total. The standard InChI is InChI=1S/C17H31N3O5/c1-4-7-10-22-12-13-15(21)16(23-11-8-5-2)14(19-20-18)17(25-13)24-9-6-3/h6,13-17,21H,3-5,7-12H2,1-2H3. The van der Waals surface area contributed by atoms with Crippen molar-refractivity contribution in [3.05, 3.63) is 23.1 Å². The van der Waals surface area contributed by atoms with Crippen molar-refractivity contribution in [2.75, 3.05) is 26.4 Å². The van der Waals surface area contributed by atoms with E-state index in [1.807, 2.05) is 0 Å². The molecule has 0 aliphatic carbocycles. The van der Waals surface area contributed by atoms with Gasteiger partial charge in [-0.3, -0.25) is 0 Å². The number of azide groups is 1. The van der Waals surface area contributed by atoms with Crippen LogP contribution in [0.3, 0.4) is 0 Å². The van der Waals surface area contributed by atoms with E-state index in [1.54, 1.807) is 6.08 Å². The molecule has 1 aliphatic heterocycles. The van der Waals surface area contributed by atoms with Crippen LogP contribution in [0.2, 0.25) is 0 Å². The summed E-state index contributed by atoms with van der Waals surface area (Å²) in [4.78, 5) is 2.86. The molecule has 0 amide bonds. The lowest BCUT2D eigenvalue weighted by Gasteiger charge is -2.42. The highest BCUT2D eigenvalue weighted by molar-refractivity contribution is 4.95. The second-order valence-corrected chi connectivity index (χ2v) is 5.97. The second kappa shape index (κ2) is 13.1. The Kier molecular flexibility index (Phi) is 11.5. The Balaban J connectivity index is 2.82. The van der Waals surface area contributed by atoms with Gasteiger partial charge in [0.15, 0.2) is 6.29 Å². The number of nitrogens with zero attached hydrogens (tertiary/aromatic N) is 3. The predicted octanol–water partition coefficient (Wildman–Crippen LogP) is 2.96. The summed E-state index contributed by atoms with van der Waals surface area (Å²) < 4.78 is 22.8. The molecule has 1 aliphatic rings. The van der Waals surface area contributed by atoms with Gasteiger partial charge in [0.2, 0.25) is 0 Å².